The summed E-state index contributed by atoms with van der Waals surface area (Å²) >= 11 is 1.20. The zero-order chi connectivity index (χ0) is 9.26. The lowest BCUT2D eigenvalue weighted by Crippen LogP contribution is -1.81. The molecule has 3 nitrogen and oxygen atoms in total. The number of hydrogen-bond acceptors (Lipinski definition) is 4. The highest BCUT2D eigenvalue weighted by molar-refractivity contribution is 7.03. The number of rotatable bonds is 1. The number of nitrogens with zero attached hydrogens (tertiary/aromatic N) is 2. The summed E-state index contributed by atoms with van der Waals surface area (Å²) in [6, 6.07) is 4.12. The Morgan fingerprint density at radius 1 is 1.38 bits per heavy atom. The van der Waals surface area contributed by atoms with Crippen LogP contribution in [0.1, 0.15) is 0 Å². The normalized spacial score (nSPS) is 10.2. The Morgan fingerprint density at radius 3 is 2.85 bits per heavy atom. The topological polar surface area (TPSA) is 46.0 Å². The van der Waals surface area contributed by atoms with Crippen LogP contribution in [0.3, 0.4) is 0 Å². The van der Waals surface area contributed by atoms with E-state index in [4.69, 9.17) is 5.11 Å². The van der Waals surface area contributed by atoms with Crippen molar-refractivity contribution in [1.29, 1.82) is 0 Å². The third-order valence-electron chi connectivity index (χ3n) is 1.60. The molecule has 1 heterocycles. The van der Waals surface area contributed by atoms with Crippen LogP contribution in [0.15, 0.2) is 23.6 Å². The van der Waals surface area contributed by atoms with Crippen LogP contribution < -0.4 is 0 Å². The fraction of sp³-hybridized carbons (Fsp3) is 0. The van der Waals surface area contributed by atoms with Gasteiger partial charge >= 0.3 is 0 Å². The standard InChI is InChI=1S/C8H5FN2OS/c9-6-3-5(1-2-8(6)12)7-4-13-11-10-7/h1-4,12H. The molecule has 0 aliphatic rings. The fourth-order valence-electron chi connectivity index (χ4n) is 0.957. The highest BCUT2D eigenvalue weighted by atomic mass is 32.1. The summed E-state index contributed by atoms with van der Waals surface area (Å²) in [6.45, 7) is 0. The van der Waals surface area contributed by atoms with Crippen LogP contribution in [0, 0.1) is 5.82 Å². The summed E-state index contributed by atoms with van der Waals surface area (Å²) in [5.74, 6) is -1.00. The van der Waals surface area contributed by atoms with Gasteiger partial charge in [0, 0.05) is 10.9 Å². The Balaban J connectivity index is 2.49. The molecule has 0 bridgehead atoms. The first kappa shape index (κ1) is 8.12. The summed E-state index contributed by atoms with van der Waals surface area (Å²) in [5.41, 5.74) is 1.23. The Bertz CT molecular complexity index is 416. The molecule has 2 rings (SSSR count). The van der Waals surface area contributed by atoms with Gasteiger partial charge in [0.2, 0.25) is 0 Å². The summed E-state index contributed by atoms with van der Waals surface area (Å²) in [4.78, 5) is 0. The zero-order valence-corrected chi connectivity index (χ0v) is 7.25. The molecule has 1 aromatic carbocycles. The van der Waals surface area contributed by atoms with E-state index in [0.717, 1.165) is 0 Å². The Labute approximate surface area is 77.6 Å². The predicted octanol–water partition coefficient (Wildman–Crippen LogP) is 2.05. The lowest BCUT2D eigenvalue weighted by molar-refractivity contribution is 0.432. The van der Waals surface area contributed by atoms with Gasteiger partial charge in [0.15, 0.2) is 11.6 Å². The molecular formula is C8H5FN2OS. The second-order valence-corrected chi connectivity index (χ2v) is 3.07. The van der Waals surface area contributed by atoms with Crippen molar-refractivity contribution in [3.63, 3.8) is 0 Å². The number of halogens is 1. The molecule has 0 amide bonds. The van der Waals surface area contributed by atoms with Crippen molar-refractivity contribution in [2.75, 3.05) is 0 Å². The number of phenols is 1. The third-order valence-corrected chi connectivity index (χ3v) is 2.11. The molecule has 66 valence electrons. The van der Waals surface area contributed by atoms with Crippen molar-refractivity contribution < 1.29 is 9.50 Å². The van der Waals surface area contributed by atoms with Gasteiger partial charge in [-0.05, 0) is 29.7 Å². The Morgan fingerprint density at radius 2 is 2.23 bits per heavy atom. The van der Waals surface area contributed by atoms with Crippen molar-refractivity contribution >= 4 is 11.5 Å². The molecule has 2 aromatic rings. The summed E-state index contributed by atoms with van der Waals surface area (Å²) in [5, 5.41) is 14.4. The average molecular weight is 196 g/mol. The first-order chi connectivity index (χ1) is 6.27. The number of hydrogen-bond donors (Lipinski definition) is 1. The average Bonchev–Trinajstić information content (AvgIpc) is 2.62. The number of aromatic nitrogens is 2. The van der Waals surface area contributed by atoms with E-state index in [0.29, 0.717) is 11.3 Å². The maximum Gasteiger partial charge on any atom is 0.165 e. The molecule has 1 N–H and O–H groups in total. The van der Waals surface area contributed by atoms with Crippen LogP contribution in [0.4, 0.5) is 4.39 Å². The molecule has 0 saturated heterocycles. The van der Waals surface area contributed by atoms with Crippen LogP contribution in [0.5, 0.6) is 5.75 Å². The lowest BCUT2D eigenvalue weighted by atomic mass is 10.1. The van der Waals surface area contributed by atoms with E-state index in [2.05, 4.69) is 9.59 Å². The first-order valence-electron chi connectivity index (χ1n) is 3.53. The van der Waals surface area contributed by atoms with E-state index in [1.165, 1.54) is 23.7 Å². The van der Waals surface area contributed by atoms with Crippen LogP contribution in [0.25, 0.3) is 11.3 Å². The Kier molecular flexibility index (Phi) is 1.94. The second-order valence-electron chi connectivity index (χ2n) is 2.46. The highest BCUT2D eigenvalue weighted by Gasteiger charge is 2.05. The summed E-state index contributed by atoms with van der Waals surface area (Å²) in [6.07, 6.45) is 0. The maximum absolute atomic E-state index is 12.9. The predicted molar refractivity (Wildman–Crippen MR) is 47.0 cm³/mol. The van der Waals surface area contributed by atoms with Crippen molar-refractivity contribution in [3.05, 3.63) is 29.4 Å². The number of phenolic OH excluding ortho intramolecular Hbond substituents is 1. The largest absolute Gasteiger partial charge is 0.505 e. The number of benzene rings is 1. The number of aromatic hydroxyl groups is 1. The monoisotopic (exact) mass is 196 g/mol. The SMILES string of the molecule is Oc1ccc(-c2csnn2)cc1F. The van der Waals surface area contributed by atoms with Gasteiger partial charge in [-0.1, -0.05) is 4.49 Å². The van der Waals surface area contributed by atoms with Crippen molar-refractivity contribution in [1.82, 2.24) is 9.59 Å². The molecule has 0 radical (unpaired) electrons. The van der Waals surface area contributed by atoms with E-state index in [1.54, 1.807) is 11.4 Å². The van der Waals surface area contributed by atoms with Gasteiger partial charge in [-0.25, -0.2) is 4.39 Å². The van der Waals surface area contributed by atoms with Crippen LogP contribution in [-0.4, -0.2) is 14.7 Å². The maximum atomic E-state index is 12.9. The van der Waals surface area contributed by atoms with Crippen molar-refractivity contribution in [2.45, 2.75) is 0 Å². The minimum atomic E-state index is -0.648. The smallest absolute Gasteiger partial charge is 0.165 e. The van der Waals surface area contributed by atoms with E-state index in [-0.39, 0.29) is 5.75 Å². The van der Waals surface area contributed by atoms with Crippen molar-refractivity contribution in [3.8, 4) is 17.0 Å². The molecule has 0 fully saturated rings. The van der Waals surface area contributed by atoms with E-state index >= 15 is 0 Å². The molecular weight excluding hydrogens is 191 g/mol. The highest BCUT2D eigenvalue weighted by Crippen LogP contribution is 2.23. The molecule has 0 atom stereocenters. The van der Waals surface area contributed by atoms with Gasteiger partial charge in [0.25, 0.3) is 0 Å². The summed E-state index contributed by atoms with van der Waals surface area (Å²) in [7, 11) is 0. The molecule has 0 saturated carbocycles. The molecule has 1 aromatic heterocycles. The van der Waals surface area contributed by atoms with Crippen LogP contribution in [0.2, 0.25) is 0 Å². The second kappa shape index (κ2) is 3.10. The van der Waals surface area contributed by atoms with E-state index in [9.17, 15) is 4.39 Å². The third kappa shape index (κ3) is 1.50. The zero-order valence-electron chi connectivity index (χ0n) is 6.44. The van der Waals surface area contributed by atoms with E-state index < -0.39 is 5.82 Å². The first-order valence-corrected chi connectivity index (χ1v) is 4.37. The van der Waals surface area contributed by atoms with Crippen LogP contribution >= 0.6 is 11.5 Å². The van der Waals surface area contributed by atoms with Gasteiger partial charge in [-0.2, -0.15) is 0 Å². The van der Waals surface area contributed by atoms with Gasteiger partial charge in [-0.15, -0.1) is 5.10 Å². The Hall–Kier alpha value is -1.49. The molecule has 0 aliphatic carbocycles. The molecule has 0 aliphatic heterocycles. The quantitative estimate of drug-likeness (QED) is 0.759. The van der Waals surface area contributed by atoms with E-state index in [1.807, 2.05) is 0 Å². The van der Waals surface area contributed by atoms with Gasteiger partial charge in [0.05, 0.1) is 0 Å². The minimum absolute atomic E-state index is 0.355. The minimum Gasteiger partial charge on any atom is -0.505 e. The fourth-order valence-corrected chi connectivity index (χ4v) is 1.42. The van der Waals surface area contributed by atoms with Crippen LogP contribution in [-0.2, 0) is 0 Å². The van der Waals surface area contributed by atoms with Gasteiger partial charge in [-0.3, -0.25) is 0 Å². The molecule has 0 spiro atoms. The summed E-state index contributed by atoms with van der Waals surface area (Å²) < 4.78 is 16.5. The van der Waals surface area contributed by atoms with Gasteiger partial charge < -0.3 is 5.11 Å². The lowest BCUT2D eigenvalue weighted by Gasteiger charge is -1.97. The van der Waals surface area contributed by atoms with Gasteiger partial charge in [0.1, 0.15) is 5.69 Å². The molecule has 13 heavy (non-hydrogen) atoms. The van der Waals surface area contributed by atoms with Crippen molar-refractivity contribution in [2.24, 2.45) is 0 Å². The molecule has 0 unspecified atom stereocenters. The molecule has 5 heteroatoms.